The smallest absolute Gasteiger partial charge is 0.341 e. The van der Waals surface area contributed by atoms with Crippen molar-refractivity contribution in [1.82, 2.24) is 25.0 Å². The first kappa shape index (κ1) is 14.9. The largest absolute Gasteiger partial charge is 0.493 e. The number of H-pyrrole nitrogens is 2. The fraction of sp³-hybridized carbons (Fsp3) is 0.438. The highest BCUT2D eigenvalue weighted by Gasteiger charge is 2.24. The molecule has 2 N–H and O–H groups in total. The van der Waals surface area contributed by atoms with Gasteiger partial charge in [0.15, 0.2) is 0 Å². The summed E-state index contributed by atoms with van der Waals surface area (Å²) >= 11 is 0. The zero-order chi connectivity index (χ0) is 16.5. The Balaban J connectivity index is 1.34. The number of fused-ring (bicyclic) bond motifs is 1. The van der Waals surface area contributed by atoms with Crippen molar-refractivity contribution in [2.24, 2.45) is 0 Å². The maximum absolute atomic E-state index is 12.2. The molecule has 126 valence electrons. The van der Waals surface area contributed by atoms with Gasteiger partial charge in [-0.05, 0) is 17.2 Å². The van der Waals surface area contributed by atoms with Crippen LogP contribution in [0.1, 0.15) is 21.7 Å². The van der Waals surface area contributed by atoms with Crippen LogP contribution in [0.25, 0.3) is 0 Å². The van der Waals surface area contributed by atoms with Crippen molar-refractivity contribution in [3.63, 3.8) is 0 Å². The van der Waals surface area contributed by atoms with E-state index in [1.54, 1.807) is 4.90 Å². The van der Waals surface area contributed by atoms with Gasteiger partial charge in [0.1, 0.15) is 5.75 Å². The molecule has 1 fully saturated rings. The predicted molar refractivity (Wildman–Crippen MR) is 86.0 cm³/mol. The molecule has 1 aromatic carbocycles. The Kier molecular flexibility index (Phi) is 3.81. The van der Waals surface area contributed by atoms with Gasteiger partial charge in [-0.1, -0.05) is 12.1 Å². The molecule has 1 aromatic heterocycles. The van der Waals surface area contributed by atoms with E-state index >= 15 is 0 Å². The van der Waals surface area contributed by atoms with Crippen LogP contribution < -0.4 is 10.4 Å². The molecular weight excluding hydrogens is 310 g/mol. The van der Waals surface area contributed by atoms with Crippen molar-refractivity contribution in [3.8, 4) is 5.75 Å². The molecular formula is C16H19N5O3. The second-order valence-electron chi connectivity index (χ2n) is 6.14. The van der Waals surface area contributed by atoms with Crippen LogP contribution in [0, 0.1) is 0 Å². The monoisotopic (exact) mass is 329 g/mol. The lowest BCUT2D eigenvalue weighted by Crippen LogP contribution is -2.48. The second kappa shape index (κ2) is 6.12. The van der Waals surface area contributed by atoms with Gasteiger partial charge < -0.3 is 9.64 Å². The molecule has 3 heterocycles. The summed E-state index contributed by atoms with van der Waals surface area (Å²) in [4.78, 5) is 29.8. The van der Waals surface area contributed by atoms with E-state index in [0.29, 0.717) is 13.1 Å². The van der Waals surface area contributed by atoms with Crippen molar-refractivity contribution in [1.29, 1.82) is 0 Å². The van der Waals surface area contributed by atoms with Crippen molar-refractivity contribution >= 4 is 5.91 Å². The van der Waals surface area contributed by atoms with Gasteiger partial charge in [-0.2, -0.15) is 0 Å². The molecule has 0 saturated carbocycles. The van der Waals surface area contributed by atoms with Crippen LogP contribution in [0.4, 0.5) is 0 Å². The van der Waals surface area contributed by atoms with Gasteiger partial charge in [0.05, 0.1) is 6.61 Å². The lowest BCUT2D eigenvalue weighted by molar-refractivity contribution is 0.0617. The quantitative estimate of drug-likeness (QED) is 0.826. The zero-order valence-corrected chi connectivity index (χ0v) is 13.2. The summed E-state index contributed by atoms with van der Waals surface area (Å²) in [5, 5.41) is 5.92. The molecule has 0 unspecified atom stereocenters. The van der Waals surface area contributed by atoms with Gasteiger partial charge in [-0.15, -0.1) is 5.10 Å². The first-order valence-electron chi connectivity index (χ1n) is 8.10. The van der Waals surface area contributed by atoms with Crippen LogP contribution in [0.2, 0.25) is 0 Å². The Labute approximate surface area is 138 Å². The molecule has 4 rings (SSSR count). The summed E-state index contributed by atoms with van der Waals surface area (Å²) in [7, 11) is 0. The summed E-state index contributed by atoms with van der Waals surface area (Å²) in [5.41, 5.74) is 2.09. The third-order valence-corrected chi connectivity index (χ3v) is 4.52. The Morgan fingerprint density at radius 2 is 2.08 bits per heavy atom. The number of aromatic amines is 2. The molecule has 0 atom stereocenters. The Hall–Kier alpha value is -2.61. The van der Waals surface area contributed by atoms with Crippen molar-refractivity contribution in [2.45, 2.75) is 13.0 Å². The number of ether oxygens (including phenoxy) is 1. The predicted octanol–water partition coefficient (Wildman–Crippen LogP) is -0.00910. The molecule has 0 spiro atoms. The molecule has 0 aliphatic carbocycles. The van der Waals surface area contributed by atoms with E-state index in [9.17, 15) is 9.59 Å². The highest BCUT2D eigenvalue weighted by Crippen LogP contribution is 2.26. The zero-order valence-electron chi connectivity index (χ0n) is 13.2. The van der Waals surface area contributed by atoms with Crippen LogP contribution in [-0.4, -0.2) is 63.7 Å². The van der Waals surface area contributed by atoms with Gasteiger partial charge >= 0.3 is 5.69 Å². The Morgan fingerprint density at radius 1 is 1.25 bits per heavy atom. The van der Waals surface area contributed by atoms with Crippen LogP contribution in [0.15, 0.2) is 23.0 Å². The third kappa shape index (κ3) is 2.92. The van der Waals surface area contributed by atoms with Gasteiger partial charge in [-0.3, -0.25) is 14.7 Å². The molecule has 0 radical (unpaired) electrons. The SMILES string of the molecule is O=C(c1n[nH]c(=O)[nH]1)N1CCN(Cc2ccc3c(c2)CCO3)CC1. The number of aromatic nitrogens is 3. The minimum Gasteiger partial charge on any atom is -0.493 e. The Morgan fingerprint density at radius 3 is 2.83 bits per heavy atom. The van der Waals surface area contributed by atoms with Crippen LogP contribution >= 0.6 is 0 Å². The van der Waals surface area contributed by atoms with Crippen LogP contribution in [-0.2, 0) is 13.0 Å². The molecule has 24 heavy (non-hydrogen) atoms. The number of nitrogens with zero attached hydrogens (tertiary/aromatic N) is 3. The van der Waals surface area contributed by atoms with Crippen molar-refractivity contribution < 1.29 is 9.53 Å². The number of amides is 1. The van der Waals surface area contributed by atoms with Crippen molar-refractivity contribution in [3.05, 3.63) is 45.6 Å². The maximum Gasteiger partial charge on any atom is 0.341 e. The molecule has 1 amide bonds. The third-order valence-electron chi connectivity index (χ3n) is 4.52. The number of piperazine rings is 1. The van der Waals surface area contributed by atoms with Gasteiger partial charge in [0, 0.05) is 39.1 Å². The minimum atomic E-state index is -0.461. The number of hydrogen-bond acceptors (Lipinski definition) is 5. The van der Waals surface area contributed by atoms with E-state index in [-0.39, 0.29) is 11.7 Å². The normalized spacial score (nSPS) is 17.6. The molecule has 8 nitrogen and oxygen atoms in total. The number of carbonyl (C=O) groups is 1. The molecule has 0 bridgehead atoms. The minimum absolute atomic E-state index is 0.0760. The summed E-state index contributed by atoms with van der Waals surface area (Å²) in [5.74, 6) is 0.844. The van der Waals surface area contributed by atoms with Crippen LogP contribution in [0.5, 0.6) is 5.75 Å². The first-order valence-corrected chi connectivity index (χ1v) is 8.10. The topological polar surface area (TPSA) is 94.3 Å². The lowest BCUT2D eigenvalue weighted by Gasteiger charge is -2.34. The first-order chi connectivity index (χ1) is 11.7. The number of nitrogens with one attached hydrogen (secondary N) is 2. The fourth-order valence-electron chi connectivity index (χ4n) is 3.23. The highest BCUT2D eigenvalue weighted by molar-refractivity contribution is 5.90. The van der Waals surface area contributed by atoms with Gasteiger partial charge in [-0.25, -0.2) is 9.89 Å². The van der Waals surface area contributed by atoms with Crippen molar-refractivity contribution in [2.75, 3.05) is 32.8 Å². The summed E-state index contributed by atoms with van der Waals surface area (Å²) in [6.07, 6.45) is 0.979. The van der Waals surface area contributed by atoms with E-state index in [1.807, 2.05) is 6.07 Å². The van der Waals surface area contributed by atoms with Gasteiger partial charge in [0.25, 0.3) is 5.91 Å². The second-order valence-corrected chi connectivity index (χ2v) is 6.14. The molecule has 2 aliphatic heterocycles. The summed E-state index contributed by atoms with van der Waals surface area (Å²) < 4.78 is 5.54. The van der Waals surface area contributed by atoms with E-state index < -0.39 is 5.69 Å². The number of carbonyl (C=O) groups excluding carboxylic acids is 1. The maximum atomic E-state index is 12.2. The summed E-state index contributed by atoms with van der Waals surface area (Å²) in [6, 6.07) is 6.37. The fourth-order valence-corrected chi connectivity index (χ4v) is 3.23. The number of hydrogen-bond donors (Lipinski definition) is 2. The van der Waals surface area contributed by atoms with E-state index in [2.05, 4.69) is 32.2 Å². The molecule has 1 saturated heterocycles. The standard InChI is InChI=1S/C16H19N5O3/c22-15(14-17-16(23)19-18-14)21-6-4-20(5-7-21)10-11-1-2-13-12(9-11)3-8-24-13/h1-2,9H,3-8,10H2,(H2,17,18,19,23). The Bertz CT molecular complexity index is 804. The number of benzene rings is 1. The van der Waals surface area contributed by atoms with Crippen LogP contribution in [0.3, 0.4) is 0 Å². The van der Waals surface area contributed by atoms with Gasteiger partial charge in [0.2, 0.25) is 5.82 Å². The molecule has 2 aliphatic rings. The van der Waals surface area contributed by atoms with E-state index in [1.165, 1.54) is 11.1 Å². The molecule has 2 aromatic rings. The lowest BCUT2D eigenvalue weighted by atomic mass is 10.1. The summed E-state index contributed by atoms with van der Waals surface area (Å²) in [6.45, 7) is 4.49. The van der Waals surface area contributed by atoms with E-state index in [4.69, 9.17) is 4.74 Å². The molecule has 8 heteroatoms. The average Bonchev–Trinajstić information content (AvgIpc) is 3.23. The number of rotatable bonds is 3. The average molecular weight is 329 g/mol. The van der Waals surface area contributed by atoms with E-state index in [0.717, 1.165) is 38.4 Å². The highest BCUT2D eigenvalue weighted by atomic mass is 16.5.